The van der Waals surface area contributed by atoms with E-state index in [1.54, 1.807) is 6.07 Å². The van der Waals surface area contributed by atoms with E-state index in [4.69, 9.17) is 11.6 Å². The fourth-order valence-corrected chi connectivity index (χ4v) is 4.72. The number of benzene rings is 3. The Morgan fingerprint density at radius 2 is 1.50 bits per heavy atom. The van der Waals surface area contributed by atoms with Crippen LogP contribution in [0.1, 0.15) is 50.2 Å². The van der Waals surface area contributed by atoms with Crippen molar-refractivity contribution in [2.75, 3.05) is 0 Å². The average Bonchev–Trinajstić information content (AvgIpc) is 2.83. The molecule has 3 aromatic rings. The molecule has 1 aliphatic rings. The van der Waals surface area contributed by atoms with Crippen LogP contribution in [0, 0.1) is 35.1 Å². The lowest BCUT2D eigenvalue weighted by Crippen LogP contribution is -2.22. The first-order valence-corrected chi connectivity index (χ1v) is 12.2. The summed E-state index contributed by atoms with van der Waals surface area (Å²) in [6, 6.07) is 7.74. The monoisotopic (exact) mass is 526 g/mol. The van der Waals surface area contributed by atoms with Crippen molar-refractivity contribution in [3.8, 4) is 16.9 Å². The van der Waals surface area contributed by atoms with E-state index in [0.717, 1.165) is 55.5 Å². The molecule has 0 saturated heterocycles. The second-order valence-corrected chi connectivity index (χ2v) is 9.87. The van der Waals surface area contributed by atoms with Gasteiger partial charge in [0.1, 0.15) is 22.5 Å². The van der Waals surface area contributed by atoms with Gasteiger partial charge in [0.2, 0.25) is 0 Å². The van der Waals surface area contributed by atoms with Crippen molar-refractivity contribution in [2.45, 2.75) is 51.6 Å². The summed E-state index contributed by atoms with van der Waals surface area (Å²) >= 11 is 5.43. The second-order valence-electron chi connectivity index (χ2n) is 9.50. The van der Waals surface area contributed by atoms with E-state index in [1.807, 2.05) is 0 Å². The quantitative estimate of drug-likeness (QED) is 0.220. The summed E-state index contributed by atoms with van der Waals surface area (Å²) in [6.45, 7) is 2.24. The molecule has 0 spiro atoms. The largest absolute Gasteiger partial charge is 0.426 e. The van der Waals surface area contributed by atoms with E-state index in [9.17, 15) is 26.3 Å². The van der Waals surface area contributed by atoms with Crippen molar-refractivity contribution in [1.29, 1.82) is 0 Å². The minimum absolute atomic E-state index is 0.216. The molecule has 0 aromatic heterocycles. The van der Waals surface area contributed by atoms with Gasteiger partial charge in [-0.25, -0.2) is 17.6 Å². The maximum Gasteiger partial charge on any atom is 0.426 e. The molecular weight excluding hydrogens is 502 g/mol. The van der Waals surface area contributed by atoms with Crippen molar-refractivity contribution >= 4 is 11.6 Å². The number of halogens is 7. The van der Waals surface area contributed by atoms with E-state index >= 15 is 0 Å². The predicted molar refractivity (Wildman–Crippen MR) is 127 cm³/mol. The molecule has 36 heavy (non-hydrogen) atoms. The molecule has 4 rings (SSSR count). The van der Waals surface area contributed by atoms with Crippen LogP contribution in [0.5, 0.6) is 5.75 Å². The molecule has 0 amide bonds. The lowest BCUT2D eigenvalue weighted by Gasteiger charge is -2.26. The van der Waals surface area contributed by atoms with Gasteiger partial charge in [-0.3, -0.25) is 0 Å². The first kappa shape index (κ1) is 26.4. The SMILES string of the molecule is CC1CCC(CCc2ccc(OC(F)(F)c3ccc(-c4cc(F)c(Cl)c(F)c4)c(F)c3)c(F)c2)CC1. The lowest BCUT2D eigenvalue weighted by atomic mass is 9.80. The Kier molecular flexibility index (Phi) is 7.88. The van der Waals surface area contributed by atoms with E-state index in [0.29, 0.717) is 24.0 Å². The van der Waals surface area contributed by atoms with Gasteiger partial charge in [0.25, 0.3) is 0 Å². The van der Waals surface area contributed by atoms with Crippen LogP contribution >= 0.6 is 11.6 Å². The van der Waals surface area contributed by atoms with Crippen LogP contribution in [0.25, 0.3) is 11.1 Å². The zero-order valence-corrected chi connectivity index (χ0v) is 20.3. The van der Waals surface area contributed by atoms with E-state index < -0.39 is 45.7 Å². The highest BCUT2D eigenvalue weighted by atomic mass is 35.5. The van der Waals surface area contributed by atoms with Crippen LogP contribution in [0.15, 0.2) is 48.5 Å². The number of rotatable bonds is 7. The molecule has 1 nitrogen and oxygen atoms in total. The third kappa shape index (κ3) is 6.00. The molecular formula is C28H25ClF6O. The highest BCUT2D eigenvalue weighted by molar-refractivity contribution is 6.31. The maximum absolute atomic E-state index is 14.7. The fraction of sp³-hybridized carbons (Fsp3) is 0.357. The summed E-state index contributed by atoms with van der Waals surface area (Å²) in [5, 5.41) is -0.757. The highest BCUT2D eigenvalue weighted by Crippen LogP contribution is 2.37. The first-order chi connectivity index (χ1) is 17.0. The lowest BCUT2D eigenvalue weighted by molar-refractivity contribution is -0.187. The van der Waals surface area contributed by atoms with E-state index in [-0.39, 0.29) is 11.1 Å². The molecule has 8 heteroatoms. The third-order valence-corrected chi connectivity index (χ3v) is 7.17. The van der Waals surface area contributed by atoms with Gasteiger partial charge in [0, 0.05) is 5.56 Å². The summed E-state index contributed by atoms with van der Waals surface area (Å²) in [5.41, 5.74) is -0.715. The van der Waals surface area contributed by atoms with E-state index in [2.05, 4.69) is 11.7 Å². The Morgan fingerprint density at radius 1 is 0.833 bits per heavy atom. The van der Waals surface area contributed by atoms with Gasteiger partial charge in [-0.05, 0) is 72.2 Å². The molecule has 0 unspecified atom stereocenters. The third-order valence-electron chi connectivity index (χ3n) is 6.81. The van der Waals surface area contributed by atoms with Gasteiger partial charge in [-0.2, -0.15) is 8.78 Å². The molecule has 0 heterocycles. The van der Waals surface area contributed by atoms with E-state index in [1.165, 1.54) is 18.9 Å². The molecule has 0 N–H and O–H groups in total. The Balaban J connectivity index is 1.46. The summed E-state index contributed by atoms with van der Waals surface area (Å²) in [5.74, 6) is -3.67. The predicted octanol–water partition coefficient (Wildman–Crippen LogP) is 9.45. The molecule has 3 aromatic carbocycles. The normalized spacial score (nSPS) is 18.3. The first-order valence-electron chi connectivity index (χ1n) is 11.8. The molecule has 0 atom stereocenters. The summed E-state index contributed by atoms with van der Waals surface area (Å²) < 4.78 is 90.8. The molecule has 1 fully saturated rings. The van der Waals surface area contributed by atoms with Crippen molar-refractivity contribution < 1.29 is 31.1 Å². The molecule has 0 radical (unpaired) electrons. The van der Waals surface area contributed by atoms with Crippen molar-refractivity contribution in [3.05, 3.63) is 87.9 Å². The molecule has 192 valence electrons. The van der Waals surface area contributed by atoms with Crippen LogP contribution < -0.4 is 4.74 Å². The number of aryl methyl sites for hydroxylation is 1. The molecule has 0 aliphatic heterocycles. The van der Waals surface area contributed by atoms with Crippen LogP contribution in [-0.2, 0) is 12.5 Å². The van der Waals surface area contributed by atoms with Crippen molar-refractivity contribution in [1.82, 2.24) is 0 Å². The van der Waals surface area contributed by atoms with Crippen molar-refractivity contribution in [3.63, 3.8) is 0 Å². The van der Waals surface area contributed by atoms with Crippen LogP contribution in [0.4, 0.5) is 26.3 Å². The number of ether oxygens (including phenoxy) is 1. The van der Waals surface area contributed by atoms with Gasteiger partial charge in [-0.1, -0.05) is 56.3 Å². The van der Waals surface area contributed by atoms with Gasteiger partial charge in [-0.15, -0.1) is 0 Å². The van der Waals surface area contributed by atoms with Gasteiger partial charge >= 0.3 is 6.11 Å². The maximum atomic E-state index is 14.7. The topological polar surface area (TPSA) is 9.23 Å². The minimum atomic E-state index is -4.06. The number of hydrogen-bond donors (Lipinski definition) is 0. The fourth-order valence-electron chi connectivity index (χ4n) is 4.61. The van der Waals surface area contributed by atoms with Gasteiger partial charge in [0.15, 0.2) is 11.6 Å². The molecule has 1 aliphatic carbocycles. The van der Waals surface area contributed by atoms with Crippen LogP contribution in [0.3, 0.4) is 0 Å². The average molecular weight is 527 g/mol. The Morgan fingerprint density at radius 3 is 2.11 bits per heavy atom. The van der Waals surface area contributed by atoms with Crippen LogP contribution in [0.2, 0.25) is 5.02 Å². The minimum Gasteiger partial charge on any atom is -0.426 e. The molecule has 1 saturated carbocycles. The highest BCUT2D eigenvalue weighted by Gasteiger charge is 2.36. The Labute approximate surface area is 211 Å². The van der Waals surface area contributed by atoms with Gasteiger partial charge in [0.05, 0.1) is 5.56 Å². The zero-order chi connectivity index (χ0) is 26.0. The standard InChI is InChI=1S/C28H25ClF6O/c1-16-2-4-17(5-3-16)6-7-18-8-11-26(23(31)12-18)36-28(34,35)20-9-10-21(22(30)15-20)19-13-24(32)27(29)25(33)14-19/h8-17H,2-7H2,1H3. The molecule has 0 bridgehead atoms. The Hall–Kier alpha value is -2.67. The van der Waals surface area contributed by atoms with Crippen LogP contribution in [-0.4, -0.2) is 0 Å². The van der Waals surface area contributed by atoms with Crippen molar-refractivity contribution in [2.24, 2.45) is 11.8 Å². The number of alkyl halides is 2. The number of hydrogen-bond acceptors (Lipinski definition) is 1. The summed E-state index contributed by atoms with van der Waals surface area (Å²) in [6.07, 6.45) is 2.17. The smallest absolute Gasteiger partial charge is 0.426 e. The summed E-state index contributed by atoms with van der Waals surface area (Å²) in [4.78, 5) is 0. The second kappa shape index (κ2) is 10.8. The van der Waals surface area contributed by atoms with Gasteiger partial charge < -0.3 is 4.74 Å². The zero-order valence-electron chi connectivity index (χ0n) is 19.6. The summed E-state index contributed by atoms with van der Waals surface area (Å²) in [7, 11) is 0. The Bertz CT molecular complexity index is 1210.